The van der Waals surface area contributed by atoms with Crippen LogP contribution >= 0.6 is 0 Å². The van der Waals surface area contributed by atoms with Crippen LogP contribution in [0.3, 0.4) is 0 Å². The van der Waals surface area contributed by atoms with E-state index in [0.717, 1.165) is 11.3 Å². The van der Waals surface area contributed by atoms with E-state index < -0.39 is 5.60 Å². The molecule has 2 aromatic carbocycles. The Kier molecular flexibility index (Phi) is 5.09. The lowest BCUT2D eigenvalue weighted by Gasteiger charge is -2.21. The maximum Gasteiger partial charge on any atom is 0.294 e. The van der Waals surface area contributed by atoms with Crippen LogP contribution in [0.15, 0.2) is 54.3 Å². The minimum atomic E-state index is -0.900. The average molecular weight is 393 g/mol. The number of hydrogen-bond acceptors (Lipinski definition) is 4. The number of aryl methyl sites for hydroxylation is 1. The Morgan fingerprint density at radius 3 is 2.48 bits per heavy atom. The summed E-state index contributed by atoms with van der Waals surface area (Å²) in [4.78, 5) is 14.5. The topological polar surface area (TPSA) is 59.0 Å². The molecule has 0 unspecified atom stereocenters. The van der Waals surface area contributed by atoms with Gasteiger partial charge in [-0.3, -0.25) is 4.79 Å². The van der Waals surface area contributed by atoms with Crippen molar-refractivity contribution in [3.63, 3.8) is 0 Å². The van der Waals surface area contributed by atoms with Crippen LogP contribution in [-0.4, -0.2) is 29.8 Å². The summed E-state index contributed by atoms with van der Waals surface area (Å²) in [7, 11) is 0. The van der Waals surface area contributed by atoms with Gasteiger partial charge in [0.1, 0.15) is 18.1 Å². The number of nitrogens with zero attached hydrogens (tertiary/aromatic N) is 1. The van der Waals surface area contributed by atoms with Crippen LogP contribution < -0.4 is 14.4 Å². The van der Waals surface area contributed by atoms with Crippen molar-refractivity contribution >= 4 is 11.6 Å². The van der Waals surface area contributed by atoms with E-state index in [1.807, 2.05) is 43.3 Å². The van der Waals surface area contributed by atoms with Gasteiger partial charge in [-0.15, -0.1) is 0 Å². The third-order valence-electron chi connectivity index (χ3n) is 5.12. The number of benzene rings is 2. The summed E-state index contributed by atoms with van der Waals surface area (Å²) in [6.07, 6.45) is 4.34. The number of aliphatic hydroxyl groups is 1. The molecule has 4 rings (SSSR count). The second-order valence-corrected chi connectivity index (χ2v) is 8.48. The van der Waals surface area contributed by atoms with Crippen LogP contribution in [0.1, 0.15) is 43.7 Å². The van der Waals surface area contributed by atoms with Crippen molar-refractivity contribution in [1.82, 2.24) is 0 Å². The van der Waals surface area contributed by atoms with Gasteiger partial charge in [-0.05, 0) is 87.1 Å². The predicted molar refractivity (Wildman–Crippen MR) is 112 cm³/mol. The molecule has 29 heavy (non-hydrogen) atoms. The van der Waals surface area contributed by atoms with Crippen LogP contribution in [0.25, 0.3) is 0 Å². The van der Waals surface area contributed by atoms with Crippen molar-refractivity contribution in [3.05, 3.63) is 65.4 Å². The molecule has 0 atom stereocenters. The number of amides is 1. The van der Waals surface area contributed by atoms with Crippen molar-refractivity contribution in [2.45, 2.75) is 45.1 Å². The maximum atomic E-state index is 12.8. The summed E-state index contributed by atoms with van der Waals surface area (Å²) < 4.78 is 11.5. The molecule has 0 spiro atoms. The summed E-state index contributed by atoms with van der Waals surface area (Å²) in [5.41, 5.74) is 2.14. The summed E-state index contributed by atoms with van der Waals surface area (Å²) in [6, 6.07) is 13.6. The van der Waals surface area contributed by atoms with Crippen molar-refractivity contribution < 1.29 is 19.4 Å². The number of rotatable bonds is 7. The zero-order valence-electron chi connectivity index (χ0n) is 17.1. The van der Waals surface area contributed by atoms with Crippen LogP contribution in [0, 0.1) is 6.92 Å². The fraction of sp³-hybridized carbons (Fsp3) is 0.375. The molecule has 1 heterocycles. The lowest BCUT2D eigenvalue weighted by Crippen LogP contribution is -2.28. The first-order valence-corrected chi connectivity index (χ1v) is 10.1. The fourth-order valence-corrected chi connectivity index (χ4v) is 3.35. The second kappa shape index (κ2) is 7.56. The lowest BCUT2D eigenvalue weighted by atomic mass is 10.1. The van der Waals surface area contributed by atoms with Gasteiger partial charge in [-0.25, -0.2) is 0 Å². The lowest BCUT2D eigenvalue weighted by molar-refractivity contribution is -0.116. The first kappa shape index (κ1) is 19.5. The summed E-state index contributed by atoms with van der Waals surface area (Å²) in [5, 5.41) is 9.83. The van der Waals surface area contributed by atoms with Crippen molar-refractivity contribution in [2.24, 2.45) is 0 Å². The quantitative estimate of drug-likeness (QED) is 0.761. The molecule has 0 radical (unpaired) electrons. The summed E-state index contributed by atoms with van der Waals surface area (Å²) in [5.74, 6) is 2.28. The average Bonchev–Trinajstić information content (AvgIpc) is 3.46. The predicted octanol–water partition coefficient (Wildman–Crippen LogP) is 4.33. The monoisotopic (exact) mass is 393 g/mol. The first-order chi connectivity index (χ1) is 13.8. The minimum Gasteiger partial charge on any atom is -0.490 e. The van der Waals surface area contributed by atoms with Crippen LogP contribution in [0.5, 0.6) is 11.5 Å². The molecule has 5 heteroatoms. The molecule has 1 fully saturated rings. The largest absolute Gasteiger partial charge is 0.490 e. The third-order valence-corrected chi connectivity index (χ3v) is 5.12. The number of anilines is 1. The molecule has 1 saturated carbocycles. The highest BCUT2D eigenvalue weighted by atomic mass is 16.5. The van der Waals surface area contributed by atoms with E-state index in [1.165, 1.54) is 18.4 Å². The highest BCUT2D eigenvalue weighted by Crippen LogP contribution is 2.40. The zero-order valence-corrected chi connectivity index (χ0v) is 17.1. The Balaban J connectivity index is 1.40. The van der Waals surface area contributed by atoms with Gasteiger partial charge in [-0.1, -0.05) is 12.1 Å². The molecular weight excluding hydrogens is 366 g/mol. The number of carbonyl (C=O) groups excluding carboxylic acids is 1. The van der Waals surface area contributed by atoms with E-state index in [2.05, 4.69) is 12.1 Å². The van der Waals surface area contributed by atoms with E-state index in [0.29, 0.717) is 29.7 Å². The number of ether oxygens (including phenoxy) is 2. The standard InChI is InChI=1S/C24H27NO4/c1-16-14-19(8-11-21(16)28-15-24(2,3)27)25-13-12-22(23(25)26)29-20-9-6-18(7-10-20)17-4-5-17/h6-12,14,17,27H,4-5,13,15H2,1-3H3. The van der Waals surface area contributed by atoms with Crippen LogP contribution in [0.2, 0.25) is 0 Å². The summed E-state index contributed by atoms with van der Waals surface area (Å²) >= 11 is 0. The van der Waals surface area contributed by atoms with Gasteiger partial charge in [0.25, 0.3) is 5.91 Å². The summed E-state index contributed by atoms with van der Waals surface area (Å²) in [6.45, 7) is 6.00. The molecule has 5 nitrogen and oxygen atoms in total. The fourth-order valence-electron chi connectivity index (χ4n) is 3.35. The van der Waals surface area contributed by atoms with Crippen LogP contribution in [-0.2, 0) is 4.79 Å². The van der Waals surface area contributed by atoms with E-state index in [9.17, 15) is 9.90 Å². The molecule has 152 valence electrons. The second-order valence-electron chi connectivity index (χ2n) is 8.48. The van der Waals surface area contributed by atoms with Gasteiger partial charge in [0, 0.05) is 12.2 Å². The van der Waals surface area contributed by atoms with Crippen molar-refractivity contribution in [2.75, 3.05) is 18.1 Å². The Hall–Kier alpha value is -2.79. The van der Waals surface area contributed by atoms with Crippen molar-refractivity contribution in [3.8, 4) is 11.5 Å². The van der Waals surface area contributed by atoms with E-state index >= 15 is 0 Å². The molecule has 0 saturated heterocycles. The molecule has 1 amide bonds. The Morgan fingerprint density at radius 1 is 1.14 bits per heavy atom. The van der Waals surface area contributed by atoms with Gasteiger partial charge in [0.2, 0.25) is 0 Å². The maximum absolute atomic E-state index is 12.8. The van der Waals surface area contributed by atoms with Crippen LogP contribution in [0.4, 0.5) is 5.69 Å². The normalized spacial score (nSPS) is 16.8. The third kappa shape index (κ3) is 4.62. The molecule has 1 aliphatic heterocycles. The van der Waals surface area contributed by atoms with E-state index in [4.69, 9.17) is 9.47 Å². The molecule has 0 aromatic heterocycles. The molecule has 2 aromatic rings. The zero-order chi connectivity index (χ0) is 20.6. The van der Waals surface area contributed by atoms with E-state index in [1.54, 1.807) is 18.7 Å². The van der Waals surface area contributed by atoms with E-state index in [-0.39, 0.29) is 12.5 Å². The Labute approximate surface area is 171 Å². The van der Waals surface area contributed by atoms with Gasteiger partial charge in [0.15, 0.2) is 5.76 Å². The molecular formula is C24H27NO4. The van der Waals surface area contributed by atoms with Gasteiger partial charge in [-0.2, -0.15) is 0 Å². The molecule has 1 N–H and O–H groups in total. The minimum absolute atomic E-state index is 0.152. The first-order valence-electron chi connectivity index (χ1n) is 10.1. The highest BCUT2D eigenvalue weighted by molar-refractivity contribution is 6.07. The Morgan fingerprint density at radius 2 is 1.86 bits per heavy atom. The van der Waals surface area contributed by atoms with Gasteiger partial charge >= 0.3 is 0 Å². The highest BCUT2D eigenvalue weighted by Gasteiger charge is 2.28. The SMILES string of the molecule is Cc1cc(N2CC=C(Oc3ccc(C4CC4)cc3)C2=O)ccc1OCC(C)(C)O. The molecule has 0 bridgehead atoms. The Bertz CT molecular complexity index is 936. The smallest absolute Gasteiger partial charge is 0.294 e. The van der Waals surface area contributed by atoms with Crippen molar-refractivity contribution in [1.29, 1.82) is 0 Å². The number of carbonyl (C=O) groups is 1. The molecule has 2 aliphatic rings. The van der Waals surface area contributed by atoms with Gasteiger partial charge < -0.3 is 19.5 Å². The molecule has 1 aliphatic carbocycles. The van der Waals surface area contributed by atoms with Gasteiger partial charge in [0.05, 0.1) is 5.60 Å². The number of hydrogen-bond donors (Lipinski definition) is 1.